The summed E-state index contributed by atoms with van der Waals surface area (Å²) in [5, 5.41) is 6.18. The maximum atomic E-state index is 5.70. The SMILES string of the molecule is CCC(C)COC(C)C/C=N\N(C)CC. The van der Waals surface area contributed by atoms with E-state index in [2.05, 4.69) is 32.8 Å². The summed E-state index contributed by atoms with van der Waals surface area (Å²) >= 11 is 0. The van der Waals surface area contributed by atoms with Crippen LogP contribution in [0, 0.1) is 5.92 Å². The molecule has 0 aliphatic rings. The Balaban J connectivity index is 3.56. The zero-order chi connectivity index (χ0) is 11.7. The monoisotopic (exact) mass is 214 g/mol. The average Bonchev–Trinajstić information content (AvgIpc) is 2.25. The molecule has 3 nitrogen and oxygen atoms in total. The van der Waals surface area contributed by atoms with E-state index in [0.717, 1.165) is 19.6 Å². The molecular formula is C12H26N2O. The normalized spacial score (nSPS) is 15.5. The highest BCUT2D eigenvalue weighted by molar-refractivity contribution is 5.57. The molecule has 0 fully saturated rings. The van der Waals surface area contributed by atoms with Gasteiger partial charge in [-0.05, 0) is 19.8 Å². The smallest absolute Gasteiger partial charge is 0.0597 e. The van der Waals surface area contributed by atoms with E-state index in [1.807, 2.05) is 18.3 Å². The van der Waals surface area contributed by atoms with Crippen LogP contribution in [0.3, 0.4) is 0 Å². The first-order valence-electron chi connectivity index (χ1n) is 5.95. The molecule has 0 rings (SSSR count). The molecular weight excluding hydrogens is 188 g/mol. The Morgan fingerprint density at radius 2 is 2.00 bits per heavy atom. The van der Waals surface area contributed by atoms with Gasteiger partial charge in [-0.1, -0.05) is 20.3 Å². The summed E-state index contributed by atoms with van der Waals surface area (Å²) in [5.41, 5.74) is 0. The number of hydrazone groups is 1. The van der Waals surface area contributed by atoms with E-state index in [0.29, 0.717) is 5.92 Å². The first-order chi connectivity index (χ1) is 7.10. The second kappa shape index (κ2) is 8.72. The summed E-state index contributed by atoms with van der Waals surface area (Å²) in [6.07, 6.45) is 4.28. The van der Waals surface area contributed by atoms with Crippen molar-refractivity contribution in [3.63, 3.8) is 0 Å². The third-order valence-electron chi connectivity index (χ3n) is 2.54. The second-order valence-electron chi connectivity index (χ2n) is 4.16. The largest absolute Gasteiger partial charge is 0.378 e. The van der Waals surface area contributed by atoms with Crippen LogP contribution in [0.25, 0.3) is 0 Å². The first kappa shape index (κ1) is 14.4. The summed E-state index contributed by atoms with van der Waals surface area (Å²) in [5.74, 6) is 0.655. The Bertz CT molecular complexity index is 171. The Hall–Kier alpha value is -0.570. The van der Waals surface area contributed by atoms with Crippen molar-refractivity contribution >= 4 is 6.21 Å². The van der Waals surface area contributed by atoms with E-state index >= 15 is 0 Å². The van der Waals surface area contributed by atoms with Crippen LogP contribution in [-0.4, -0.2) is 37.5 Å². The molecule has 0 heterocycles. The van der Waals surface area contributed by atoms with Crippen molar-refractivity contribution in [2.45, 2.75) is 46.6 Å². The van der Waals surface area contributed by atoms with Crippen LogP contribution in [0.15, 0.2) is 5.10 Å². The fraction of sp³-hybridized carbons (Fsp3) is 0.917. The molecule has 0 N–H and O–H groups in total. The van der Waals surface area contributed by atoms with Gasteiger partial charge in [0.15, 0.2) is 0 Å². The van der Waals surface area contributed by atoms with Crippen molar-refractivity contribution in [1.82, 2.24) is 5.01 Å². The molecule has 15 heavy (non-hydrogen) atoms. The Morgan fingerprint density at radius 1 is 1.33 bits per heavy atom. The van der Waals surface area contributed by atoms with Gasteiger partial charge in [-0.25, -0.2) is 0 Å². The van der Waals surface area contributed by atoms with E-state index in [-0.39, 0.29) is 6.10 Å². The molecule has 0 bridgehead atoms. The van der Waals surface area contributed by atoms with Gasteiger partial charge in [-0.3, -0.25) is 0 Å². The molecule has 90 valence electrons. The van der Waals surface area contributed by atoms with Gasteiger partial charge in [0.1, 0.15) is 0 Å². The van der Waals surface area contributed by atoms with E-state index in [4.69, 9.17) is 4.74 Å². The van der Waals surface area contributed by atoms with Gasteiger partial charge in [0.2, 0.25) is 0 Å². The quantitative estimate of drug-likeness (QED) is 0.458. The van der Waals surface area contributed by atoms with Crippen molar-refractivity contribution < 1.29 is 4.74 Å². The van der Waals surface area contributed by atoms with Gasteiger partial charge in [0, 0.05) is 32.8 Å². The van der Waals surface area contributed by atoms with Crippen LogP contribution in [-0.2, 0) is 4.74 Å². The summed E-state index contributed by atoms with van der Waals surface area (Å²) in [6, 6.07) is 0. The minimum Gasteiger partial charge on any atom is -0.378 e. The standard InChI is InChI=1S/C12H26N2O/c1-6-11(3)10-15-12(4)8-9-13-14(5)7-2/h9,11-12H,6-8,10H2,1-5H3/b13-9-. The number of nitrogens with zero attached hydrogens (tertiary/aromatic N) is 2. The molecule has 0 aliphatic carbocycles. The van der Waals surface area contributed by atoms with Gasteiger partial charge in [0.05, 0.1) is 6.10 Å². The lowest BCUT2D eigenvalue weighted by atomic mass is 10.1. The van der Waals surface area contributed by atoms with Gasteiger partial charge < -0.3 is 9.75 Å². The minimum absolute atomic E-state index is 0.271. The molecule has 0 aromatic rings. The first-order valence-corrected chi connectivity index (χ1v) is 5.95. The molecule has 0 aromatic carbocycles. The summed E-state index contributed by atoms with van der Waals surface area (Å²) in [4.78, 5) is 0. The number of rotatable bonds is 8. The molecule has 0 radical (unpaired) electrons. The lowest BCUT2D eigenvalue weighted by Crippen LogP contribution is -2.15. The topological polar surface area (TPSA) is 24.8 Å². The van der Waals surface area contributed by atoms with Crippen LogP contribution >= 0.6 is 0 Å². The van der Waals surface area contributed by atoms with E-state index in [9.17, 15) is 0 Å². The van der Waals surface area contributed by atoms with Gasteiger partial charge in [0.25, 0.3) is 0 Å². The number of hydrogen-bond acceptors (Lipinski definition) is 3. The zero-order valence-corrected chi connectivity index (χ0v) is 10.9. The van der Waals surface area contributed by atoms with E-state index in [1.54, 1.807) is 0 Å². The molecule has 2 unspecified atom stereocenters. The van der Waals surface area contributed by atoms with E-state index < -0.39 is 0 Å². The number of ether oxygens (including phenoxy) is 1. The highest BCUT2D eigenvalue weighted by Gasteiger charge is 2.03. The third-order valence-corrected chi connectivity index (χ3v) is 2.54. The van der Waals surface area contributed by atoms with E-state index in [1.165, 1.54) is 6.42 Å². The molecule has 0 amide bonds. The predicted octanol–water partition coefficient (Wildman–Crippen LogP) is 2.77. The lowest BCUT2D eigenvalue weighted by molar-refractivity contribution is 0.0480. The minimum atomic E-state index is 0.271. The summed E-state index contributed by atoms with van der Waals surface area (Å²) in [7, 11) is 1.97. The van der Waals surface area contributed by atoms with Crippen LogP contribution in [0.4, 0.5) is 0 Å². The summed E-state index contributed by atoms with van der Waals surface area (Å²) in [6.45, 7) is 10.4. The maximum Gasteiger partial charge on any atom is 0.0597 e. The molecule has 0 aliphatic heterocycles. The maximum absolute atomic E-state index is 5.70. The molecule has 0 spiro atoms. The molecule has 0 aromatic heterocycles. The zero-order valence-electron chi connectivity index (χ0n) is 10.9. The molecule has 0 saturated carbocycles. The van der Waals surface area contributed by atoms with Gasteiger partial charge >= 0.3 is 0 Å². The number of hydrogen-bond donors (Lipinski definition) is 0. The highest BCUT2D eigenvalue weighted by atomic mass is 16.5. The van der Waals surface area contributed by atoms with Crippen molar-refractivity contribution in [2.24, 2.45) is 11.0 Å². The van der Waals surface area contributed by atoms with Crippen LogP contribution in [0.5, 0.6) is 0 Å². The Labute approximate surface area is 94.5 Å². The summed E-state index contributed by atoms with van der Waals surface area (Å²) < 4.78 is 5.70. The fourth-order valence-corrected chi connectivity index (χ4v) is 0.931. The van der Waals surface area contributed by atoms with Crippen molar-refractivity contribution in [2.75, 3.05) is 20.2 Å². The Morgan fingerprint density at radius 3 is 2.53 bits per heavy atom. The molecule has 0 saturated heterocycles. The van der Waals surface area contributed by atoms with Crippen molar-refractivity contribution in [1.29, 1.82) is 0 Å². The van der Waals surface area contributed by atoms with Crippen LogP contribution in [0.1, 0.15) is 40.5 Å². The van der Waals surface area contributed by atoms with Gasteiger partial charge in [-0.2, -0.15) is 5.10 Å². The van der Waals surface area contributed by atoms with Crippen molar-refractivity contribution in [3.05, 3.63) is 0 Å². The molecule has 3 heteroatoms. The molecule has 2 atom stereocenters. The van der Waals surface area contributed by atoms with Crippen LogP contribution < -0.4 is 0 Å². The third kappa shape index (κ3) is 8.43. The predicted molar refractivity (Wildman–Crippen MR) is 66.3 cm³/mol. The van der Waals surface area contributed by atoms with Crippen molar-refractivity contribution in [3.8, 4) is 0 Å². The fourth-order valence-electron chi connectivity index (χ4n) is 0.931. The average molecular weight is 214 g/mol. The van der Waals surface area contributed by atoms with Crippen LogP contribution in [0.2, 0.25) is 0 Å². The van der Waals surface area contributed by atoms with Gasteiger partial charge in [-0.15, -0.1) is 0 Å². The Kier molecular flexibility index (Phi) is 8.38. The lowest BCUT2D eigenvalue weighted by Gasteiger charge is -2.15. The highest BCUT2D eigenvalue weighted by Crippen LogP contribution is 2.04. The second-order valence-corrected chi connectivity index (χ2v) is 4.16.